The Morgan fingerprint density at radius 1 is 1.18 bits per heavy atom. The smallest absolute Gasteiger partial charge is 0.251 e. The van der Waals surface area contributed by atoms with Crippen molar-refractivity contribution in [2.24, 2.45) is 5.92 Å². The molecule has 122 valence electrons. The van der Waals surface area contributed by atoms with Crippen molar-refractivity contribution < 1.29 is 13.2 Å². The number of nitrogens with zero attached hydrogens (tertiary/aromatic N) is 1. The molecule has 0 atom stereocenters. The Bertz CT molecular complexity index is 627. The van der Waals surface area contributed by atoms with Crippen molar-refractivity contribution in [1.82, 2.24) is 9.62 Å². The molecule has 1 aliphatic heterocycles. The molecule has 1 aromatic rings. The minimum Gasteiger partial charge on any atom is -0.352 e. The van der Waals surface area contributed by atoms with E-state index in [0.29, 0.717) is 31.1 Å². The third-order valence-corrected chi connectivity index (χ3v) is 5.38. The molecule has 0 radical (unpaired) electrons. The van der Waals surface area contributed by atoms with Gasteiger partial charge in [-0.1, -0.05) is 17.2 Å². The fourth-order valence-corrected chi connectivity index (χ4v) is 3.76. The Kier molecular flexibility index (Phi) is 5.24. The van der Waals surface area contributed by atoms with Gasteiger partial charge < -0.3 is 5.32 Å². The van der Waals surface area contributed by atoms with E-state index >= 15 is 0 Å². The van der Waals surface area contributed by atoms with Gasteiger partial charge in [-0.05, 0) is 44.7 Å². The van der Waals surface area contributed by atoms with Crippen molar-refractivity contribution in [2.45, 2.75) is 26.7 Å². The van der Waals surface area contributed by atoms with Gasteiger partial charge in [0.05, 0.1) is 6.26 Å². The normalized spacial score (nSPS) is 17.4. The zero-order valence-electron chi connectivity index (χ0n) is 13.4. The summed E-state index contributed by atoms with van der Waals surface area (Å²) in [6.07, 6.45) is 2.83. The molecule has 1 saturated heterocycles. The second-order valence-electron chi connectivity index (χ2n) is 6.19. The molecule has 6 heteroatoms. The number of hydrogen-bond donors (Lipinski definition) is 1. The fraction of sp³-hybridized carbons (Fsp3) is 0.562. The number of aryl methyl sites for hydroxylation is 2. The van der Waals surface area contributed by atoms with E-state index in [9.17, 15) is 13.2 Å². The van der Waals surface area contributed by atoms with Gasteiger partial charge in [-0.3, -0.25) is 4.79 Å². The van der Waals surface area contributed by atoms with Gasteiger partial charge in [0.15, 0.2) is 0 Å². The highest BCUT2D eigenvalue weighted by Crippen LogP contribution is 2.18. The molecular weight excluding hydrogens is 300 g/mol. The van der Waals surface area contributed by atoms with Crippen molar-refractivity contribution in [3.05, 3.63) is 34.9 Å². The number of benzene rings is 1. The lowest BCUT2D eigenvalue weighted by atomic mass is 9.98. The van der Waals surface area contributed by atoms with Gasteiger partial charge in [-0.2, -0.15) is 0 Å². The Morgan fingerprint density at radius 3 is 2.23 bits per heavy atom. The number of carbonyl (C=O) groups is 1. The summed E-state index contributed by atoms with van der Waals surface area (Å²) >= 11 is 0. The van der Waals surface area contributed by atoms with E-state index < -0.39 is 10.0 Å². The molecule has 0 bridgehead atoms. The van der Waals surface area contributed by atoms with Gasteiger partial charge in [0.1, 0.15) is 0 Å². The van der Waals surface area contributed by atoms with Gasteiger partial charge >= 0.3 is 0 Å². The highest BCUT2D eigenvalue weighted by Gasteiger charge is 2.25. The summed E-state index contributed by atoms with van der Waals surface area (Å²) in [6, 6.07) is 5.81. The predicted octanol–water partition coefficient (Wildman–Crippen LogP) is 1.70. The first-order chi connectivity index (χ1) is 10.3. The molecule has 1 amide bonds. The molecule has 0 spiro atoms. The van der Waals surface area contributed by atoms with Crippen LogP contribution in [-0.2, 0) is 10.0 Å². The fourth-order valence-electron chi connectivity index (χ4n) is 2.89. The summed E-state index contributed by atoms with van der Waals surface area (Å²) in [7, 11) is -3.09. The summed E-state index contributed by atoms with van der Waals surface area (Å²) in [6.45, 7) is 5.64. The molecule has 1 N–H and O–H groups in total. The minimum atomic E-state index is -3.09. The number of hydrogen-bond acceptors (Lipinski definition) is 3. The van der Waals surface area contributed by atoms with Crippen LogP contribution < -0.4 is 5.32 Å². The second kappa shape index (κ2) is 6.79. The van der Waals surface area contributed by atoms with E-state index in [2.05, 4.69) is 5.32 Å². The molecule has 0 aromatic heterocycles. The van der Waals surface area contributed by atoms with Crippen LogP contribution in [0.5, 0.6) is 0 Å². The van der Waals surface area contributed by atoms with Crippen LogP contribution in [0, 0.1) is 19.8 Å². The summed E-state index contributed by atoms with van der Waals surface area (Å²) in [5.74, 6) is 0.283. The number of piperidine rings is 1. The lowest BCUT2D eigenvalue weighted by molar-refractivity contribution is 0.0941. The molecule has 5 nitrogen and oxygen atoms in total. The number of sulfonamides is 1. The predicted molar refractivity (Wildman–Crippen MR) is 87.4 cm³/mol. The quantitative estimate of drug-likeness (QED) is 0.917. The molecule has 1 aromatic carbocycles. The second-order valence-corrected chi connectivity index (χ2v) is 8.17. The van der Waals surface area contributed by atoms with Crippen molar-refractivity contribution in [3.63, 3.8) is 0 Å². The number of amides is 1. The van der Waals surface area contributed by atoms with Crippen LogP contribution in [0.15, 0.2) is 18.2 Å². The van der Waals surface area contributed by atoms with Gasteiger partial charge in [0, 0.05) is 25.2 Å². The van der Waals surface area contributed by atoms with Crippen molar-refractivity contribution in [2.75, 3.05) is 25.9 Å². The van der Waals surface area contributed by atoms with Crippen molar-refractivity contribution in [3.8, 4) is 0 Å². The standard InChI is InChI=1S/C16H24N2O3S/c1-12-8-13(2)10-15(9-12)16(19)17-11-14-4-6-18(7-5-14)22(3,20)21/h8-10,14H,4-7,11H2,1-3H3,(H,17,19). The molecule has 1 fully saturated rings. The van der Waals surface area contributed by atoms with Crippen LogP contribution in [0.2, 0.25) is 0 Å². The SMILES string of the molecule is Cc1cc(C)cc(C(=O)NCC2CCN(S(C)(=O)=O)CC2)c1. The van der Waals surface area contributed by atoms with Crippen LogP contribution in [0.4, 0.5) is 0 Å². The number of carbonyl (C=O) groups excluding carboxylic acids is 1. The first kappa shape index (κ1) is 17.0. The van der Waals surface area contributed by atoms with Gasteiger partial charge in [-0.25, -0.2) is 12.7 Å². The monoisotopic (exact) mass is 324 g/mol. The first-order valence-electron chi connectivity index (χ1n) is 7.57. The number of nitrogens with one attached hydrogen (secondary N) is 1. The summed E-state index contributed by atoms with van der Waals surface area (Å²) < 4.78 is 24.4. The van der Waals surface area contributed by atoms with E-state index in [1.165, 1.54) is 10.6 Å². The average molecular weight is 324 g/mol. The van der Waals surface area contributed by atoms with E-state index in [1.54, 1.807) is 0 Å². The van der Waals surface area contributed by atoms with E-state index in [0.717, 1.165) is 24.0 Å². The molecule has 0 unspecified atom stereocenters. The Hall–Kier alpha value is -1.40. The molecule has 0 saturated carbocycles. The van der Waals surface area contributed by atoms with Crippen LogP contribution in [-0.4, -0.2) is 44.5 Å². The van der Waals surface area contributed by atoms with E-state index in [1.807, 2.05) is 32.0 Å². The molecule has 1 heterocycles. The summed E-state index contributed by atoms with van der Waals surface area (Å²) in [5.41, 5.74) is 2.84. The van der Waals surface area contributed by atoms with Crippen molar-refractivity contribution >= 4 is 15.9 Å². The lowest BCUT2D eigenvalue weighted by Crippen LogP contribution is -2.41. The topological polar surface area (TPSA) is 66.5 Å². The number of rotatable bonds is 4. The summed E-state index contributed by atoms with van der Waals surface area (Å²) in [4.78, 5) is 12.2. The lowest BCUT2D eigenvalue weighted by Gasteiger charge is -2.30. The van der Waals surface area contributed by atoms with Crippen LogP contribution >= 0.6 is 0 Å². The maximum atomic E-state index is 12.2. The van der Waals surface area contributed by atoms with Gasteiger partial charge in [0.2, 0.25) is 10.0 Å². The largest absolute Gasteiger partial charge is 0.352 e. The average Bonchev–Trinajstić information content (AvgIpc) is 2.43. The van der Waals surface area contributed by atoms with Crippen LogP contribution in [0.3, 0.4) is 0 Å². The Labute approximate surface area is 132 Å². The molecule has 0 aliphatic carbocycles. The maximum absolute atomic E-state index is 12.2. The first-order valence-corrected chi connectivity index (χ1v) is 9.42. The molecular formula is C16H24N2O3S. The third-order valence-electron chi connectivity index (χ3n) is 4.08. The van der Waals surface area contributed by atoms with Gasteiger partial charge in [0.25, 0.3) is 5.91 Å². The van der Waals surface area contributed by atoms with Crippen LogP contribution in [0.1, 0.15) is 34.3 Å². The van der Waals surface area contributed by atoms with Crippen molar-refractivity contribution in [1.29, 1.82) is 0 Å². The molecule has 22 heavy (non-hydrogen) atoms. The van der Waals surface area contributed by atoms with E-state index in [4.69, 9.17) is 0 Å². The highest BCUT2D eigenvalue weighted by atomic mass is 32.2. The van der Waals surface area contributed by atoms with Crippen LogP contribution in [0.25, 0.3) is 0 Å². The summed E-state index contributed by atoms with van der Waals surface area (Å²) in [5, 5.41) is 2.97. The minimum absolute atomic E-state index is 0.0580. The van der Waals surface area contributed by atoms with Gasteiger partial charge in [-0.15, -0.1) is 0 Å². The zero-order valence-corrected chi connectivity index (χ0v) is 14.2. The Morgan fingerprint density at radius 2 is 1.73 bits per heavy atom. The molecule has 2 rings (SSSR count). The zero-order chi connectivity index (χ0) is 16.3. The highest BCUT2D eigenvalue weighted by molar-refractivity contribution is 7.88. The Balaban J connectivity index is 1.85. The third kappa shape index (κ3) is 4.55. The molecule has 1 aliphatic rings. The van der Waals surface area contributed by atoms with E-state index in [-0.39, 0.29) is 5.91 Å². The maximum Gasteiger partial charge on any atom is 0.251 e.